The predicted octanol–water partition coefficient (Wildman–Crippen LogP) is 0.241. The molecule has 0 bridgehead atoms. The van der Waals surface area contributed by atoms with E-state index in [1.54, 1.807) is 6.07 Å². The first-order valence-corrected chi connectivity index (χ1v) is 6.24. The summed E-state index contributed by atoms with van der Waals surface area (Å²) in [4.78, 5) is 10.5. The smallest absolute Gasteiger partial charge is 0.223 e. The van der Waals surface area contributed by atoms with Crippen molar-refractivity contribution in [3.05, 3.63) is 6.07 Å². The van der Waals surface area contributed by atoms with E-state index in [1.165, 1.54) is 19.3 Å². The highest BCUT2D eigenvalue weighted by Gasteiger charge is 2.18. The second-order valence-electron chi connectivity index (χ2n) is 4.65. The Hall–Kier alpha value is -1.60. The van der Waals surface area contributed by atoms with Crippen LogP contribution in [0, 0.1) is 0 Å². The molecule has 1 aromatic heterocycles. The van der Waals surface area contributed by atoms with Gasteiger partial charge in [-0.1, -0.05) is 6.42 Å². The van der Waals surface area contributed by atoms with Gasteiger partial charge in [-0.25, -0.2) is 5.84 Å². The number of likely N-dealkylation sites (tertiary alicyclic amines) is 1. The molecule has 0 spiro atoms. The van der Waals surface area contributed by atoms with Crippen LogP contribution < -0.4 is 22.3 Å². The summed E-state index contributed by atoms with van der Waals surface area (Å²) in [6.07, 6.45) is 3.79. The van der Waals surface area contributed by atoms with Gasteiger partial charge in [-0.2, -0.15) is 9.97 Å². The molecule has 18 heavy (non-hydrogen) atoms. The van der Waals surface area contributed by atoms with Gasteiger partial charge < -0.3 is 21.4 Å². The van der Waals surface area contributed by atoms with Gasteiger partial charge in [0.05, 0.1) is 0 Å². The zero-order valence-electron chi connectivity index (χ0n) is 10.7. The minimum Gasteiger partial charge on any atom is -0.368 e. The summed E-state index contributed by atoms with van der Waals surface area (Å²) in [7, 11) is 2.16. The van der Waals surface area contributed by atoms with Crippen molar-refractivity contribution in [2.75, 3.05) is 36.6 Å². The molecular formula is C11H21N7. The lowest BCUT2D eigenvalue weighted by Crippen LogP contribution is -2.40. The molecule has 1 unspecified atom stereocenters. The number of hydrogen-bond acceptors (Lipinski definition) is 7. The molecule has 0 aromatic carbocycles. The third-order valence-corrected chi connectivity index (χ3v) is 3.33. The fraction of sp³-hybridized carbons (Fsp3) is 0.636. The van der Waals surface area contributed by atoms with Crippen molar-refractivity contribution in [2.45, 2.75) is 25.3 Å². The molecule has 0 radical (unpaired) electrons. The molecule has 7 nitrogen and oxygen atoms in total. The van der Waals surface area contributed by atoms with Crippen molar-refractivity contribution in [1.82, 2.24) is 14.9 Å². The fourth-order valence-corrected chi connectivity index (χ4v) is 2.25. The van der Waals surface area contributed by atoms with Gasteiger partial charge in [0.25, 0.3) is 0 Å². The van der Waals surface area contributed by atoms with Gasteiger partial charge in [0.1, 0.15) is 11.6 Å². The molecule has 1 fully saturated rings. The van der Waals surface area contributed by atoms with Crippen LogP contribution in [0.15, 0.2) is 6.07 Å². The number of rotatable bonds is 4. The largest absolute Gasteiger partial charge is 0.368 e. The number of anilines is 3. The van der Waals surface area contributed by atoms with Gasteiger partial charge in [-0.3, -0.25) is 0 Å². The normalized spacial score (nSPS) is 20.7. The maximum absolute atomic E-state index is 5.60. The van der Waals surface area contributed by atoms with E-state index in [1.807, 2.05) is 0 Å². The van der Waals surface area contributed by atoms with Crippen molar-refractivity contribution >= 4 is 17.6 Å². The second-order valence-corrected chi connectivity index (χ2v) is 4.65. The van der Waals surface area contributed by atoms with E-state index in [9.17, 15) is 0 Å². The Morgan fingerprint density at radius 3 is 2.89 bits per heavy atom. The summed E-state index contributed by atoms with van der Waals surface area (Å²) < 4.78 is 0. The van der Waals surface area contributed by atoms with E-state index in [0.29, 0.717) is 17.7 Å². The first-order valence-electron chi connectivity index (χ1n) is 6.24. The van der Waals surface area contributed by atoms with Crippen molar-refractivity contribution in [1.29, 1.82) is 0 Å². The lowest BCUT2D eigenvalue weighted by atomic mass is 10.0. The first kappa shape index (κ1) is 12.8. The summed E-state index contributed by atoms with van der Waals surface area (Å²) in [5, 5.41) is 3.29. The summed E-state index contributed by atoms with van der Waals surface area (Å²) in [5.74, 6) is 6.75. The van der Waals surface area contributed by atoms with Crippen molar-refractivity contribution in [2.24, 2.45) is 5.84 Å². The second kappa shape index (κ2) is 5.83. The Morgan fingerprint density at radius 2 is 2.17 bits per heavy atom. The van der Waals surface area contributed by atoms with Crippen LogP contribution in [-0.4, -0.2) is 41.0 Å². The average Bonchev–Trinajstić information content (AvgIpc) is 2.37. The Morgan fingerprint density at radius 1 is 1.39 bits per heavy atom. The predicted molar refractivity (Wildman–Crippen MR) is 73.0 cm³/mol. The highest BCUT2D eigenvalue weighted by Crippen LogP contribution is 2.16. The molecule has 1 aliphatic rings. The minimum absolute atomic E-state index is 0.213. The van der Waals surface area contributed by atoms with Crippen LogP contribution in [-0.2, 0) is 0 Å². The molecular weight excluding hydrogens is 230 g/mol. The monoisotopic (exact) mass is 251 g/mol. The summed E-state index contributed by atoms with van der Waals surface area (Å²) in [6, 6.07) is 2.29. The molecule has 1 aliphatic heterocycles. The van der Waals surface area contributed by atoms with Gasteiger partial charge in [-0.05, 0) is 26.4 Å². The Bertz CT molecular complexity index is 395. The molecule has 7 heteroatoms. The fourth-order valence-electron chi connectivity index (χ4n) is 2.25. The number of aromatic nitrogens is 2. The van der Waals surface area contributed by atoms with E-state index >= 15 is 0 Å². The van der Waals surface area contributed by atoms with E-state index in [2.05, 4.69) is 32.7 Å². The lowest BCUT2D eigenvalue weighted by molar-refractivity contribution is 0.194. The number of nitrogens with zero attached hydrogens (tertiary/aromatic N) is 3. The zero-order valence-corrected chi connectivity index (χ0v) is 10.7. The number of hydrazine groups is 1. The molecule has 1 saturated heterocycles. The van der Waals surface area contributed by atoms with E-state index < -0.39 is 0 Å². The quantitative estimate of drug-likeness (QED) is 0.449. The number of nitrogens with two attached hydrogens (primary N) is 2. The van der Waals surface area contributed by atoms with Crippen LogP contribution in [0.2, 0.25) is 0 Å². The number of likely N-dealkylation sites (N-methyl/N-ethyl adjacent to an activating group) is 1. The highest BCUT2D eigenvalue weighted by molar-refractivity contribution is 5.50. The van der Waals surface area contributed by atoms with Crippen LogP contribution in [0.5, 0.6) is 0 Å². The molecule has 0 amide bonds. The number of hydrogen-bond donors (Lipinski definition) is 4. The maximum Gasteiger partial charge on any atom is 0.223 e. The summed E-state index contributed by atoms with van der Waals surface area (Å²) >= 11 is 0. The van der Waals surface area contributed by atoms with Gasteiger partial charge >= 0.3 is 0 Å². The lowest BCUT2D eigenvalue weighted by Gasteiger charge is -2.32. The van der Waals surface area contributed by atoms with E-state index in [4.69, 9.17) is 11.6 Å². The molecule has 1 atom stereocenters. The molecule has 1 aromatic rings. The third kappa shape index (κ3) is 3.21. The molecule has 0 aliphatic carbocycles. The van der Waals surface area contributed by atoms with Gasteiger partial charge in [0, 0.05) is 18.7 Å². The maximum atomic E-state index is 5.60. The van der Waals surface area contributed by atoms with E-state index in [-0.39, 0.29) is 5.95 Å². The standard InChI is InChI=1S/C11H21N7/c1-18-5-3-2-4-8(18)7-14-9-6-10(17-13)16-11(12)15-9/h6,8H,2-5,7,13H2,1H3,(H4,12,14,15,16,17). The molecule has 100 valence electrons. The van der Waals surface area contributed by atoms with Gasteiger partial charge in [0.15, 0.2) is 0 Å². The van der Waals surface area contributed by atoms with Crippen LogP contribution in [0.4, 0.5) is 17.6 Å². The van der Waals surface area contributed by atoms with Crippen molar-refractivity contribution < 1.29 is 0 Å². The van der Waals surface area contributed by atoms with Gasteiger partial charge in [0.2, 0.25) is 5.95 Å². The first-order chi connectivity index (χ1) is 8.69. The zero-order chi connectivity index (χ0) is 13.0. The van der Waals surface area contributed by atoms with Gasteiger partial charge in [-0.15, -0.1) is 0 Å². The molecule has 6 N–H and O–H groups in total. The number of nitrogen functional groups attached to an aromatic ring is 2. The van der Waals surface area contributed by atoms with Crippen LogP contribution in [0.25, 0.3) is 0 Å². The summed E-state index contributed by atoms with van der Waals surface area (Å²) in [5.41, 5.74) is 8.08. The third-order valence-electron chi connectivity index (χ3n) is 3.33. The highest BCUT2D eigenvalue weighted by atomic mass is 15.3. The molecule has 0 saturated carbocycles. The van der Waals surface area contributed by atoms with Crippen LogP contribution in [0.1, 0.15) is 19.3 Å². The number of piperidine rings is 1. The topological polar surface area (TPSA) is 105 Å². The van der Waals surface area contributed by atoms with Crippen molar-refractivity contribution in [3.63, 3.8) is 0 Å². The van der Waals surface area contributed by atoms with E-state index in [0.717, 1.165) is 13.1 Å². The minimum atomic E-state index is 0.213. The SMILES string of the molecule is CN1CCCCC1CNc1cc(NN)nc(N)n1. The van der Waals surface area contributed by atoms with Crippen LogP contribution in [0.3, 0.4) is 0 Å². The molecule has 2 heterocycles. The Kier molecular flexibility index (Phi) is 4.16. The molecule has 2 rings (SSSR count). The summed E-state index contributed by atoms with van der Waals surface area (Å²) in [6.45, 7) is 2.02. The Balaban J connectivity index is 1.94. The average molecular weight is 251 g/mol. The van der Waals surface area contributed by atoms with Crippen molar-refractivity contribution in [3.8, 4) is 0 Å². The number of nitrogens with one attached hydrogen (secondary N) is 2. The Labute approximate surface area is 107 Å². The van der Waals surface area contributed by atoms with Crippen LogP contribution >= 0.6 is 0 Å².